The van der Waals surface area contributed by atoms with Crippen LogP contribution in [0.4, 0.5) is 5.69 Å². The van der Waals surface area contributed by atoms with E-state index >= 15 is 0 Å². The lowest BCUT2D eigenvalue weighted by Crippen LogP contribution is -2.08. The van der Waals surface area contributed by atoms with Crippen LogP contribution >= 0.6 is 0 Å². The molecule has 0 saturated heterocycles. The van der Waals surface area contributed by atoms with Crippen molar-refractivity contribution in [2.24, 2.45) is 0 Å². The molecule has 3 aromatic rings. The molecule has 3 heteroatoms. The Labute approximate surface area is 118 Å². The summed E-state index contributed by atoms with van der Waals surface area (Å²) in [5.41, 5.74) is 9.09. The van der Waals surface area contributed by atoms with Crippen molar-refractivity contribution in [3.8, 4) is 5.75 Å². The molecule has 20 heavy (non-hydrogen) atoms. The van der Waals surface area contributed by atoms with E-state index in [1.54, 1.807) is 0 Å². The van der Waals surface area contributed by atoms with Gasteiger partial charge in [0.1, 0.15) is 12.4 Å². The quantitative estimate of drug-likeness (QED) is 0.733. The van der Waals surface area contributed by atoms with Crippen LogP contribution in [0.2, 0.25) is 0 Å². The zero-order valence-electron chi connectivity index (χ0n) is 11.5. The van der Waals surface area contributed by atoms with Crippen molar-refractivity contribution in [2.75, 3.05) is 12.3 Å². The number of para-hydroxylation sites is 2. The highest BCUT2D eigenvalue weighted by atomic mass is 16.5. The van der Waals surface area contributed by atoms with Gasteiger partial charge >= 0.3 is 0 Å². The first-order valence-corrected chi connectivity index (χ1v) is 6.77. The average molecular weight is 266 g/mol. The van der Waals surface area contributed by atoms with Crippen LogP contribution in [-0.4, -0.2) is 11.2 Å². The van der Waals surface area contributed by atoms with Gasteiger partial charge in [-0.2, -0.15) is 0 Å². The first-order valence-electron chi connectivity index (χ1n) is 6.77. The van der Waals surface area contributed by atoms with Gasteiger partial charge in [-0.1, -0.05) is 24.3 Å². The molecule has 1 heterocycles. The van der Waals surface area contributed by atoms with Crippen molar-refractivity contribution < 1.29 is 4.74 Å². The first-order chi connectivity index (χ1) is 9.75. The summed E-state index contributed by atoms with van der Waals surface area (Å²) in [5, 5.41) is 1.30. The highest BCUT2D eigenvalue weighted by Gasteiger charge is 2.03. The normalized spacial score (nSPS) is 10.8. The number of benzene rings is 2. The maximum absolute atomic E-state index is 5.86. The third-order valence-corrected chi connectivity index (χ3v) is 3.54. The van der Waals surface area contributed by atoms with Crippen LogP contribution in [0.5, 0.6) is 5.75 Å². The lowest BCUT2D eigenvalue weighted by molar-refractivity contribution is 0.302. The summed E-state index contributed by atoms with van der Waals surface area (Å²) in [5.74, 6) is 0.750. The maximum Gasteiger partial charge on any atom is 0.142 e. The molecule has 1 aromatic heterocycles. The summed E-state index contributed by atoms with van der Waals surface area (Å²) in [6, 6.07) is 16.1. The van der Waals surface area contributed by atoms with Gasteiger partial charge in [0.25, 0.3) is 0 Å². The van der Waals surface area contributed by atoms with Crippen molar-refractivity contribution in [3.05, 3.63) is 60.3 Å². The second kappa shape index (κ2) is 5.29. The fourth-order valence-corrected chi connectivity index (χ4v) is 2.44. The molecule has 3 rings (SSSR count). The van der Waals surface area contributed by atoms with Crippen LogP contribution in [0.25, 0.3) is 10.9 Å². The number of nitrogens with two attached hydrogens (primary N) is 1. The van der Waals surface area contributed by atoms with Gasteiger partial charge in [-0.25, -0.2) is 0 Å². The Kier molecular flexibility index (Phi) is 3.33. The number of hydrogen-bond donors (Lipinski definition) is 1. The van der Waals surface area contributed by atoms with Gasteiger partial charge in [-0.3, -0.25) is 0 Å². The van der Waals surface area contributed by atoms with Gasteiger partial charge in [0.2, 0.25) is 0 Å². The zero-order chi connectivity index (χ0) is 13.9. The minimum atomic E-state index is 0.603. The Morgan fingerprint density at radius 2 is 1.90 bits per heavy atom. The Morgan fingerprint density at radius 3 is 2.75 bits per heavy atom. The number of nitrogen functional groups attached to an aromatic ring is 1. The van der Waals surface area contributed by atoms with Crippen molar-refractivity contribution in [1.29, 1.82) is 0 Å². The average Bonchev–Trinajstić information content (AvgIpc) is 2.86. The molecule has 0 aliphatic heterocycles. The number of rotatable bonds is 4. The highest BCUT2D eigenvalue weighted by molar-refractivity contribution is 5.83. The largest absolute Gasteiger partial charge is 0.490 e. The summed E-state index contributed by atoms with van der Waals surface area (Å²) in [4.78, 5) is 0. The van der Waals surface area contributed by atoms with E-state index in [1.807, 2.05) is 24.3 Å². The van der Waals surface area contributed by atoms with Gasteiger partial charge < -0.3 is 15.0 Å². The number of anilines is 1. The number of ether oxygens (including phenoxy) is 1. The molecule has 0 bridgehead atoms. The second-order valence-electron chi connectivity index (χ2n) is 4.90. The summed E-state index contributed by atoms with van der Waals surface area (Å²) in [6.45, 7) is 3.54. The fraction of sp³-hybridized carbons (Fsp3) is 0.176. The predicted molar refractivity (Wildman–Crippen MR) is 83.0 cm³/mol. The lowest BCUT2D eigenvalue weighted by Gasteiger charge is -2.10. The third kappa shape index (κ3) is 2.35. The van der Waals surface area contributed by atoms with Gasteiger partial charge in [0.05, 0.1) is 12.2 Å². The number of hydrogen-bond acceptors (Lipinski definition) is 2. The van der Waals surface area contributed by atoms with E-state index < -0.39 is 0 Å². The van der Waals surface area contributed by atoms with Gasteiger partial charge in [0, 0.05) is 17.1 Å². The van der Waals surface area contributed by atoms with Gasteiger partial charge in [0.15, 0.2) is 0 Å². The van der Waals surface area contributed by atoms with Crippen LogP contribution < -0.4 is 10.5 Å². The van der Waals surface area contributed by atoms with Crippen molar-refractivity contribution in [3.63, 3.8) is 0 Å². The Balaban J connectivity index is 1.72. The second-order valence-corrected chi connectivity index (χ2v) is 4.90. The summed E-state index contributed by atoms with van der Waals surface area (Å²) in [6.07, 6.45) is 2.11. The fourth-order valence-electron chi connectivity index (χ4n) is 2.44. The number of aromatic nitrogens is 1. The molecule has 0 radical (unpaired) electrons. The summed E-state index contributed by atoms with van der Waals surface area (Å²) < 4.78 is 7.95. The van der Waals surface area contributed by atoms with Gasteiger partial charge in [-0.05, 0) is 36.8 Å². The smallest absolute Gasteiger partial charge is 0.142 e. The van der Waals surface area contributed by atoms with Crippen molar-refractivity contribution in [2.45, 2.75) is 13.5 Å². The molecule has 3 nitrogen and oxygen atoms in total. The lowest BCUT2D eigenvalue weighted by atomic mass is 10.1. The van der Waals surface area contributed by atoms with Crippen LogP contribution in [0.1, 0.15) is 5.56 Å². The van der Waals surface area contributed by atoms with E-state index in [2.05, 4.69) is 42.0 Å². The van der Waals surface area contributed by atoms with Crippen LogP contribution in [0, 0.1) is 6.92 Å². The number of fused-ring (bicyclic) bond motifs is 1. The van der Waals surface area contributed by atoms with E-state index in [1.165, 1.54) is 16.5 Å². The van der Waals surface area contributed by atoms with Crippen LogP contribution in [-0.2, 0) is 6.54 Å². The highest BCUT2D eigenvalue weighted by Crippen LogP contribution is 2.21. The van der Waals surface area contributed by atoms with E-state index in [0.717, 1.165) is 12.3 Å². The molecule has 2 N–H and O–H groups in total. The number of nitrogens with zero attached hydrogens (tertiary/aromatic N) is 1. The predicted octanol–water partition coefficient (Wildman–Crippen LogP) is 3.61. The molecule has 0 unspecified atom stereocenters. The molecule has 0 atom stereocenters. The van der Waals surface area contributed by atoms with Gasteiger partial charge in [-0.15, -0.1) is 0 Å². The van der Waals surface area contributed by atoms with E-state index in [4.69, 9.17) is 10.5 Å². The molecule has 0 aliphatic carbocycles. The molecule has 0 amide bonds. The topological polar surface area (TPSA) is 40.2 Å². The Morgan fingerprint density at radius 1 is 1.05 bits per heavy atom. The monoisotopic (exact) mass is 266 g/mol. The third-order valence-electron chi connectivity index (χ3n) is 3.54. The minimum Gasteiger partial charge on any atom is -0.490 e. The molecule has 102 valence electrons. The standard InChI is InChI=1S/C17H18N2O/c1-13-5-4-7-16-14(13)9-10-19(16)11-12-20-17-8-3-2-6-15(17)18/h2-10H,11-12,18H2,1H3. The van der Waals surface area contributed by atoms with E-state index in [0.29, 0.717) is 12.3 Å². The molecule has 2 aromatic carbocycles. The SMILES string of the molecule is Cc1cccc2c1ccn2CCOc1ccccc1N. The zero-order valence-corrected chi connectivity index (χ0v) is 11.5. The molecule has 0 spiro atoms. The maximum atomic E-state index is 5.86. The van der Waals surface area contributed by atoms with Crippen LogP contribution in [0.15, 0.2) is 54.7 Å². The first kappa shape index (κ1) is 12.6. The van der Waals surface area contributed by atoms with Crippen molar-refractivity contribution >= 4 is 16.6 Å². The number of aryl methyl sites for hydroxylation is 1. The molecular formula is C17H18N2O. The van der Waals surface area contributed by atoms with E-state index in [-0.39, 0.29) is 0 Å². The van der Waals surface area contributed by atoms with Crippen LogP contribution in [0.3, 0.4) is 0 Å². The minimum absolute atomic E-state index is 0.603. The molecule has 0 fully saturated rings. The summed E-state index contributed by atoms with van der Waals surface area (Å²) >= 11 is 0. The van der Waals surface area contributed by atoms with E-state index in [9.17, 15) is 0 Å². The molecular weight excluding hydrogens is 248 g/mol. The molecule has 0 aliphatic rings. The molecule has 0 saturated carbocycles. The Hall–Kier alpha value is -2.42. The Bertz CT molecular complexity index is 731. The summed E-state index contributed by atoms with van der Waals surface area (Å²) in [7, 11) is 0. The van der Waals surface area contributed by atoms with Crippen molar-refractivity contribution in [1.82, 2.24) is 4.57 Å².